The minimum atomic E-state index is -0.630. The van der Waals surface area contributed by atoms with Gasteiger partial charge in [-0.25, -0.2) is 22.9 Å². The number of ether oxygens (including phenoxy) is 1. The minimum absolute atomic E-state index is 0.0235. The van der Waals surface area contributed by atoms with Gasteiger partial charge in [-0.05, 0) is 55.0 Å². The van der Waals surface area contributed by atoms with Crippen molar-refractivity contribution in [1.29, 1.82) is 0 Å². The number of halogens is 3. The smallest absolute Gasteiger partial charge is 0.338 e. The van der Waals surface area contributed by atoms with Crippen LogP contribution in [0.4, 0.5) is 13.2 Å². The number of carbonyl (C=O) groups is 1. The molecule has 0 aliphatic carbocycles. The first-order valence-corrected chi connectivity index (χ1v) is 10.9. The summed E-state index contributed by atoms with van der Waals surface area (Å²) >= 11 is 1.16. The standard InChI is InChI=1S/C24H19F3N2O2S/c1-2-31-23(30)16-9-10-22-21(12-16)28-24(29(22)13-15-5-3-6-17(25)11-15)32-14-18-19(26)7-4-8-20(18)27/h3-12H,2,13-14H2,1H3. The molecular formula is C24H19F3N2O2S. The van der Waals surface area contributed by atoms with Crippen molar-refractivity contribution in [3.8, 4) is 0 Å². The molecule has 0 saturated carbocycles. The number of hydrogen-bond acceptors (Lipinski definition) is 4. The van der Waals surface area contributed by atoms with Gasteiger partial charge in [-0.3, -0.25) is 0 Å². The van der Waals surface area contributed by atoms with Gasteiger partial charge in [0.05, 0.1) is 29.7 Å². The van der Waals surface area contributed by atoms with Crippen LogP contribution in [-0.4, -0.2) is 22.1 Å². The molecule has 4 aromatic rings. The summed E-state index contributed by atoms with van der Waals surface area (Å²) in [5.74, 6) is -2.06. The number of imidazole rings is 1. The average molecular weight is 456 g/mol. The summed E-state index contributed by atoms with van der Waals surface area (Å²) in [6, 6.07) is 14.9. The van der Waals surface area contributed by atoms with E-state index in [1.54, 1.807) is 37.3 Å². The third kappa shape index (κ3) is 4.65. The Hall–Kier alpha value is -3.26. The van der Waals surface area contributed by atoms with Crippen LogP contribution in [-0.2, 0) is 17.0 Å². The quantitative estimate of drug-likeness (QED) is 0.254. The first-order chi connectivity index (χ1) is 15.5. The van der Waals surface area contributed by atoms with Crippen LogP contribution in [0.15, 0.2) is 65.8 Å². The van der Waals surface area contributed by atoms with Gasteiger partial charge in [0.25, 0.3) is 0 Å². The van der Waals surface area contributed by atoms with Crippen LogP contribution in [0, 0.1) is 17.5 Å². The van der Waals surface area contributed by atoms with Gasteiger partial charge in [-0.1, -0.05) is 30.0 Å². The molecule has 0 saturated heterocycles. The highest BCUT2D eigenvalue weighted by atomic mass is 32.2. The number of rotatable bonds is 7. The number of esters is 1. The van der Waals surface area contributed by atoms with Gasteiger partial charge in [0.2, 0.25) is 0 Å². The van der Waals surface area contributed by atoms with Gasteiger partial charge in [-0.15, -0.1) is 0 Å². The first kappa shape index (κ1) is 22.0. The molecule has 0 spiro atoms. The van der Waals surface area contributed by atoms with E-state index in [0.29, 0.717) is 33.9 Å². The molecule has 0 atom stereocenters. The lowest BCUT2D eigenvalue weighted by Crippen LogP contribution is -2.05. The largest absolute Gasteiger partial charge is 0.462 e. The van der Waals surface area contributed by atoms with E-state index in [2.05, 4.69) is 4.98 Å². The summed E-state index contributed by atoms with van der Waals surface area (Å²) in [5, 5.41) is 0.493. The fraction of sp³-hybridized carbons (Fsp3) is 0.167. The molecule has 0 aliphatic heterocycles. The lowest BCUT2D eigenvalue weighted by molar-refractivity contribution is 0.0526. The molecule has 1 heterocycles. The molecule has 32 heavy (non-hydrogen) atoms. The van der Waals surface area contributed by atoms with Gasteiger partial charge in [0.15, 0.2) is 5.16 Å². The predicted octanol–water partition coefficient (Wildman–Crippen LogP) is 5.97. The zero-order chi connectivity index (χ0) is 22.7. The van der Waals surface area contributed by atoms with Crippen LogP contribution in [0.25, 0.3) is 11.0 Å². The van der Waals surface area contributed by atoms with E-state index in [0.717, 1.165) is 11.8 Å². The number of benzene rings is 3. The maximum absolute atomic E-state index is 14.1. The summed E-state index contributed by atoms with van der Waals surface area (Å²) in [7, 11) is 0. The van der Waals surface area contributed by atoms with E-state index in [9.17, 15) is 18.0 Å². The Morgan fingerprint density at radius 3 is 2.50 bits per heavy atom. The molecule has 0 aliphatic rings. The van der Waals surface area contributed by atoms with E-state index in [4.69, 9.17) is 4.74 Å². The second-order valence-corrected chi connectivity index (χ2v) is 7.97. The van der Waals surface area contributed by atoms with Gasteiger partial charge < -0.3 is 9.30 Å². The van der Waals surface area contributed by atoms with Crippen LogP contribution in [0.5, 0.6) is 0 Å². The number of thioether (sulfide) groups is 1. The molecule has 4 rings (SSSR count). The molecule has 164 valence electrons. The van der Waals surface area contributed by atoms with Gasteiger partial charge >= 0.3 is 5.97 Å². The minimum Gasteiger partial charge on any atom is -0.462 e. The van der Waals surface area contributed by atoms with Crippen LogP contribution in [0.3, 0.4) is 0 Å². The monoisotopic (exact) mass is 456 g/mol. The summed E-state index contributed by atoms with van der Waals surface area (Å²) in [5.41, 5.74) is 2.25. The van der Waals surface area contributed by atoms with Crippen molar-refractivity contribution in [1.82, 2.24) is 9.55 Å². The molecule has 4 nitrogen and oxygen atoms in total. The molecule has 0 fully saturated rings. The Labute approximate surface area is 187 Å². The van der Waals surface area contributed by atoms with Crippen molar-refractivity contribution in [2.75, 3.05) is 6.61 Å². The third-order valence-corrected chi connectivity index (χ3v) is 5.86. The van der Waals surface area contributed by atoms with Gasteiger partial charge in [-0.2, -0.15) is 0 Å². The molecule has 0 amide bonds. The lowest BCUT2D eigenvalue weighted by atomic mass is 10.2. The highest BCUT2D eigenvalue weighted by Crippen LogP contribution is 2.30. The van der Waals surface area contributed by atoms with E-state index in [-0.39, 0.29) is 23.7 Å². The summed E-state index contributed by atoms with van der Waals surface area (Å²) in [6.07, 6.45) is 0. The fourth-order valence-corrected chi connectivity index (χ4v) is 4.37. The number of fused-ring (bicyclic) bond motifs is 1. The molecule has 1 aromatic heterocycles. The Morgan fingerprint density at radius 1 is 1.03 bits per heavy atom. The van der Waals surface area contributed by atoms with Crippen LogP contribution in [0.1, 0.15) is 28.4 Å². The summed E-state index contributed by atoms with van der Waals surface area (Å²) in [6.45, 7) is 2.27. The van der Waals surface area contributed by atoms with Crippen LogP contribution in [0.2, 0.25) is 0 Å². The van der Waals surface area contributed by atoms with Crippen molar-refractivity contribution in [3.63, 3.8) is 0 Å². The van der Waals surface area contributed by atoms with E-state index >= 15 is 0 Å². The second-order valence-electron chi connectivity index (χ2n) is 7.02. The zero-order valence-corrected chi connectivity index (χ0v) is 18.0. The molecule has 0 radical (unpaired) electrons. The van der Waals surface area contributed by atoms with Gasteiger partial charge in [0.1, 0.15) is 17.5 Å². The molecule has 0 unspecified atom stereocenters. The van der Waals surface area contributed by atoms with Crippen molar-refractivity contribution < 1.29 is 22.7 Å². The highest BCUT2D eigenvalue weighted by molar-refractivity contribution is 7.98. The summed E-state index contributed by atoms with van der Waals surface area (Å²) in [4.78, 5) is 16.7. The Bertz CT molecular complexity index is 1270. The van der Waals surface area contributed by atoms with Crippen molar-refractivity contribution in [2.24, 2.45) is 0 Å². The zero-order valence-electron chi connectivity index (χ0n) is 17.1. The molecule has 0 bridgehead atoms. The number of hydrogen-bond donors (Lipinski definition) is 0. The number of aromatic nitrogens is 2. The van der Waals surface area contributed by atoms with Crippen LogP contribution >= 0.6 is 11.8 Å². The highest BCUT2D eigenvalue weighted by Gasteiger charge is 2.17. The second kappa shape index (κ2) is 9.48. The first-order valence-electron chi connectivity index (χ1n) is 9.93. The average Bonchev–Trinajstić information content (AvgIpc) is 3.10. The predicted molar refractivity (Wildman–Crippen MR) is 117 cm³/mol. The number of nitrogens with zero attached hydrogens (tertiary/aromatic N) is 2. The Morgan fingerprint density at radius 2 is 1.78 bits per heavy atom. The van der Waals surface area contributed by atoms with E-state index in [1.165, 1.54) is 30.3 Å². The Balaban J connectivity index is 1.73. The normalized spacial score (nSPS) is 11.1. The van der Waals surface area contributed by atoms with Crippen molar-refractivity contribution >= 4 is 28.8 Å². The Kier molecular flexibility index (Phi) is 6.50. The molecule has 0 N–H and O–H groups in total. The SMILES string of the molecule is CCOC(=O)c1ccc2c(c1)nc(SCc1c(F)cccc1F)n2Cc1cccc(F)c1. The van der Waals surface area contributed by atoms with Gasteiger partial charge in [0, 0.05) is 11.3 Å². The molecular weight excluding hydrogens is 437 g/mol. The maximum atomic E-state index is 14.1. The lowest BCUT2D eigenvalue weighted by Gasteiger charge is -2.10. The fourth-order valence-electron chi connectivity index (χ4n) is 3.34. The molecule has 8 heteroatoms. The third-order valence-electron chi connectivity index (χ3n) is 4.86. The maximum Gasteiger partial charge on any atom is 0.338 e. The van der Waals surface area contributed by atoms with Crippen molar-refractivity contribution in [2.45, 2.75) is 24.4 Å². The van der Waals surface area contributed by atoms with E-state index in [1.807, 2.05) is 4.57 Å². The summed E-state index contributed by atoms with van der Waals surface area (Å²) < 4.78 is 48.8. The van der Waals surface area contributed by atoms with E-state index < -0.39 is 17.6 Å². The van der Waals surface area contributed by atoms with Crippen LogP contribution < -0.4 is 0 Å². The number of carbonyl (C=O) groups excluding carboxylic acids is 1. The molecule has 3 aromatic carbocycles. The topological polar surface area (TPSA) is 44.1 Å². The van der Waals surface area contributed by atoms with Crippen molar-refractivity contribution in [3.05, 3.63) is 94.8 Å².